The van der Waals surface area contributed by atoms with E-state index in [1.807, 2.05) is 0 Å². The van der Waals surface area contributed by atoms with Crippen molar-refractivity contribution in [3.05, 3.63) is 0 Å². The van der Waals surface area contributed by atoms with Crippen molar-refractivity contribution in [3.63, 3.8) is 0 Å². The molecule has 0 radical (unpaired) electrons. The molecule has 0 saturated carbocycles. The van der Waals surface area contributed by atoms with Crippen molar-refractivity contribution < 1.29 is 0 Å². The third-order valence-corrected chi connectivity index (χ3v) is 9.02. The summed E-state index contributed by atoms with van der Waals surface area (Å²) in [4.78, 5) is 0. The number of hydrogen-bond acceptors (Lipinski definition) is 1. The van der Waals surface area contributed by atoms with Gasteiger partial charge in [-0.25, -0.2) is 0 Å². The Morgan fingerprint density at radius 1 is 1.18 bits per heavy atom. The highest BCUT2D eigenvalue weighted by molar-refractivity contribution is 7.28. The summed E-state index contributed by atoms with van der Waals surface area (Å²) in [6.45, 7) is 8.66. The van der Waals surface area contributed by atoms with Crippen molar-refractivity contribution in [3.8, 4) is 0 Å². The molecule has 11 heavy (non-hydrogen) atoms. The van der Waals surface area contributed by atoms with Crippen LogP contribution in [0.25, 0.3) is 0 Å². The van der Waals surface area contributed by atoms with Crippen LogP contribution in [0.15, 0.2) is 0 Å². The van der Waals surface area contributed by atoms with Crippen LogP contribution in [0.4, 0.5) is 0 Å². The average Bonchev–Trinajstić information content (AvgIpc) is 1.85. The van der Waals surface area contributed by atoms with Gasteiger partial charge < -0.3 is 4.57 Å². The monoisotopic (exact) mass is 227 g/mol. The Labute approximate surface area is 81.9 Å². The fourth-order valence-electron chi connectivity index (χ4n) is 1.15. The first-order valence-electron chi connectivity index (χ1n) is 3.75. The van der Waals surface area contributed by atoms with Gasteiger partial charge in [0.25, 0.3) is 0 Å². The van der Waals surface area contributed by atoms with Gasteiger partial charge in [-0.05, 0) is 27.7 Å². The molecule has 0 atom stereocenters. The largest absolute Gasteiger partial charge is 0.394 e. The summed E-state index contributed by atoms with van der Waals surface area (Å²) in [5.74, 6) is 0. The fraction of sp³-hybridized carbons (Fsp3) is 1.00. The van der Waals surface area contributed by atoms with E-state index in [2.05, 4.69) is 32.3 Å². The zero-order chi connectivity index (χ0) is 9.02. The van der Waals surface area contributed by atoms with Crippen molar-refractivity contribution in [1.29, 1.82) is 0 Å². The van der Waals surface area contributed by atoms with E-state index in [1.54, 1.807) is 0 Å². The Morgan fingerprint density at radius 2 is 1.55 bits per heavy atom. The molecule has 0 heterocycles. The number of hydrogen-bond donors (Lipinski definition) is 0. The van der Waals surface area contributed by atoms with E-state index in [1.165, 1.54) is 0 Å². The summed E-state index contributed by atoms with van der Waals surface area (Å²) in [5, 5.41) is 0. The first-order valence-corrected chi connectivity index (χ1v) is 9.76. The van der Waals surface area contributed by atoms with E-state index in [0.29, 0.717) is 12.1 Å². The predicted octanol–water partition coefficient (Wildman–Crippen LogP) is 1.92. The third-order valence-electron chi connectivity index (χ3n) is 1.45. The van der Waals surface area contributed by atoms with Crippen LogP contribution in [0.1, 0.15) is 27.7 Å². The molecule has 0 bridgehead atoms. The Kier molecular flexibility index (Phi) is 5.86. The van der Waals surface area contributed by atoms with Crippen LogP contribution in [-0.2, 0) is 0 Å². The SMILES string of the molecule is CC(C)N(C(C)C)[Si](Cl)=[SiH]Cl. The van der Waals surface area contributed by atoms with E-state index in [4.69, 9.17) is 22.2 Å². The molecule has 0 aliphatic rings. The molecule has 1 nitrogen and oxygen atoms in total. The van der Waals surface area contributed by atoms with Crippen molar-refractivity contribution in [2.45, 2.75) is 39.8 Å². The van der Waals surface area contributed by atoms with Crippen LogP contribution in [0.5, 0.6) is 0 Å². The second kappa shape index (κ2) is 5.46. The first-order chi connectivity index (χ1) is 5.00. The summed E-state index contributed by atoms with van der Waals surface area (Å²) in [5.41, 5.74) is 0. The lowest BCUT2D eigenvalue weighted by atomic mass is 10.3. The molecule has 0 N–H and O–H groups in total. The zero-order valence-corrected chi connectivity index (χ0v) is 11.1. The highest BCUT2D eigenvalue weighted by Gasteiger charge is 2.14. The van der Waals surface area contributed by atoms with Crippen LogP contribution in [0, 0.1) is 0 Å². The molecule has 5 heteroatoms. The van der Waals surface area contributed by atoms with Crippen molar-refractivity contribution in [2.75, 3.05) is 0 Å². The normalized spacial score (nSPS) is 12.9. The predicted molar refractivity (Wildman–Crippen MR) is 56.7 cm³/mol. The second-order valence-electron chi connectivity index (χ2n) is 3.03. The Hall–Kier alpha value is 0.814. The summed E-state index contributed by atoms with van der Waals surface area (Å²) >= 11 is 11.9. The first kappa shape index (κ1) is 11.8. The number of nitrogens with zero attached hydrogens (tertiary/aromatic N) is 1. The van der Waals surface area contributed by atoms with Gasteiger partial charge in [0.05, 0.1) is 0 Å². The molecule has 0 aromatic carbocycles. The minimum atomic E-state index is -0.912. The smallest absolute Gasteiger partial charge is 0.223 e. The maximum Gasteiger partial charge on any atom is 0.223 e. The Balaban J connectivity index is 4.35. The van der Waals surface area contributed by atoms with Crippen LogP contribution in [0.3, 0.4) is 0 Å². The lowest BCUT2D eigenvalue weighted by molar-refractivity contribution is 0.316. The van der Waals surface area contributed by atoms with Crippen molar-refractivity contribution >= 4 is 37.4 Å². The lowest BCUT2D eigenvalue weighted by Gasteiger charge is -2.32. The van der Waals surface area contributed by atoms with Gasteiger partial charge in [0.2, 0.25) is 7.36 Å². The van der Waals surface area contributed by atoms with E-state index in [9.17, 15) is 0 Å². The molecule has 0 spiro atoms. The van der Waals surface area contributed by atoms with Gasteiger partial charge in [-0.1, -0.05) is 0 Å². The highest BCUT2D eigenvalue weighted by atomic mass is 35.6. The molecular formula is C6H15Cl2NSi2. The van der Waals surface area contributed by atoms with Crippen molar-refractivity contribution in [2.24, 2.45) is 0 Å². The van der Waals surface area contributed by atoms with Crippen LogP contribution in [0.2, 0.25) is 0 Å². The van der Waals surface area contributed by atoms with Gasteiger partial charge in [-0.3, -0.25) is 0 Å². The maximum atomic E-state index is 6.15. The van der Waals surface area contributed by atoms with E-state index in [-0.39, 0.29) is 7.92 Å². The molecule has 0 rings (SSSR count). The maximum absolute atomic E-state index is 6.15. The molecule has 0 amide bonds. The topological polar surface area (TPSA) is 3.24 Å². The Morgan fingerprint density at radius 3 is 1.64 bits per heavy atom. The summed E-state index contributed by atoms with van der Waals surface area (Å²) < 4.78 is 2.33. The molecular weight excluding hydrogens is 213 g/mol. The minimum Gasteiger partial charge on any atom is -0.394 e. The van der Waals surface area contributed by atoms with Gasteiger partial charge >= 0.3 is 0 Å². The third kappa shape index (κ3) is 3.83. The lowest BCUT2D eigenvalue weighted by Crippen LogP contribution is -2.42. The minimum absolute atomic E-state index is 0.0832. The molecule has 0 fully saturated rings. The van der Waals surface area contributed by atoms with E-state index < -0.39 is 7.36 Å². The summed E-state index contributed by atoms with van der Waals surface area (Å²) in [6.07, 6.45) is 0. The van der Waals surface area contributed by atoms with Gasteiger partial charge in [0.1, 0.15) is 7.92 Å². The summed E-state index contributed by atoms with van der Waals surface area (Å²) in [7, 11) is -0.995. The van der Waals surface area contributed by atoms with E-state index >= 15 is 0 Å². The van der Waals surface area contributed by atoms with Crippen LogP contribution >= 0.6 is 22.2 Å². The van der Waals surface area contributed by atoms with Gasteiger partial charge in [-0.15, -0.1) is 22.2 Å². The summed E-state index contributed by atoms with van der Waals surface area (Å²) in [6, 6.07) is 1.04. The van der Waals surface area contributed by atoms with Gasteiger partial charge in [0.15, 0.2) is 0 Å². The molecule has 0 aliphatic carbocycles. The molecule has 0 aromatic heterocycles. The fourth-order valence-corrected chi connectivity index (χ4v) is 6.56. The molecule has 0 aliphatic heterocycles. The zero-order valence-electron chi connectivity index (χ0n) is 7.44. The highest BCUT2D eigenvalue weighted by Crippen LogP contribution is 2.06. The quantitative estimate of drug-likeness (QED) is 0.527. The van der Waals surface area contributed by atoms with Crippen LogP contribution in [-0.4, -0.2) is 31.9 Å². The molecule has 0 saturated heterocycles. The van der Waals surface area contributed by atoms with Crippen LogP contribution < -0.4 is 0 Å². The average molecular weight is 228 g/mol. The van der Waals surface area contributed by atoms with Crippen molar-refractivity contribution in [1.82, 2.24) is 4.57 Å². The standard InChI is InChI=1S/C6H15Cl2NSi2/c1-5(2)9(6(3)4)11(8)10-7/h5-6,10H,1-4H3. The van der Waals surface area contributed by atoms with Gasteiger partial charge in [0, 0.05) is 12.1 Å². The number of halogens is 2. The molecule has 0 unspecified atom stereocenters. The molecule has 66 valence electrons. The number of rotatable bonds is 3. The molecule has 0 aromatic rings. The van der Waals surface area contributed by atoms with E-state index in [0.717, 1.165) is 0 Å². The van der Waals surface area contributed by atoms with Gasteiger partial charge in [-0.2, -0.15) is 0 Å². The second-order valence-corrected chi connectivity index (χ2v) is 10.9. The Bertz CT molecular complexity index is 140.